The number of hydrogen-bond acceptors (Lipinski definition) is 5. The van der Waals surface area contributed by atoms with Gasteiger partial charge in [-0.2, -0.15) is 0 Å². The number of aromatic nitrogens is 1. The van der Waals surface area contributed by atoms with Gasteiger partial charge in [-0.3, -0.25) is 9.69 Å². The Kier molecular flexibility index (Phi) is 4.47. The summed E-state index contributed by atoms with van der Waals surface area (Å²) in [6.45, 7) is 3.57. The lowest BCUT2D eigenvalue weighted by Gasteiger charge is -2.37. The van der Waals surface area contributed by atoms with Crippen LogP contribution in [0.15, 0.2) is 48.7 Å². The fraction of sp³-hybridized carbons (Fsp3) is 0.409. The summed E-state index contributed by atoms with van der Waals surface area (Å²) in [4.78, 5) is 36.4. The van der Waals surface area contributed by atoms with Crippen LogP contribution in [0.3, 0.4) is 0 Å². The van der Waals surface area contributed by atoms with Gasteiger partial charge in [0.25, 0.3) is 5.91 Å². The largest absolute Gasteiger partial charge is 0.354 e. The molecule has 0 radical (unpaired) electrons. The number of piperazine rings is 1. The molecule has 0 bridgehead atoms. The van der Waals surface area contributed by atoms with E-state index >= 15 is 0 Å². The van der Waals surface area contributed by atoms with Gasteiger partial charge in [-0.15, -0.1) is 0 Å². The highest BCUT2D eigenvalue weighted by molar-refractivity contribution is 6.07. The summed E-state index contributed by atoms with van der Waals surface area (Å²) in [5.41, 5.74) is 1.24. The summed E-state index contributed by atoms with van der Waals surface area (Å²) in [5, 5.41) is 3.04. The molecule has 2 fully saturated rings. The van der Waals surface area contributed by atoms with E-state index in [1.807, 2.05) is 36.4 Å². The van der Waals surface area contributed by atoms with Gasteiger partial charge in [0.1, 0.15) is 11.4 Å². The van der Waals surface area contributed by atoms with Crippen LogP contribution in [0.1, 0.15) is 24.0 Å². The van der Waals surface area contributed by atoms with Crippen LogP contribution >= 0.6 is 0 Å². The minimum Gasteiger partial charge on any atom is -0.354 e. The van der Waals surface area contributed by atoms with E-state index in [2.05, 4.69) is 26.2 Å². The summed E-state index contributed by atoms with van der Waals surface area (Å²) in [6.07, 6.45) is 4.32. The van der Waals surface area contributed by atoms with Gasteiger partial charge in [-0.25, -0.2) is 14.7 Å². The number of imide groups is 1. The number of urea groups is 1. The molecule has 1 aliphatic carbocycles. The molecule has 7 nitrogen and oxygen atoms in total. The van der Waals surface area contributed by atoms with Crippen molar-refractivity contribution in [3.05, 3.63) is 59.8 Å². The predicted octanol–water partition coefficient (Wildman–Crippen LogP) is 1.94. The van der Waals surface area contributed by atoms with Crippen molar-refractivity contribution in [2.24, 2.45) is 0 Å². The number of fused-ring (bicyclic) bond motifs is 2. The molecule has 1 aromatic heterocycles. The van der Waals surface area contributed by atoms with E-state index in [-0.39, 0.29) is 11.9 Å². The first kappa shape index (κ1) is 18.1. The lowest BCUT2D eigenvalue weighted by atomic mass is 9.76. The van der Waals surface area contributed by atoms with E-state index in [0.29, 0.717) is 13.1 Å². The maximum absolute atomic E-state index is 13.4. The van der Waals surface area contributed by atoms with Crippen molar-refractivity contribution in [2.75, 3.05) is 37.7 Å². The molecule has 3 aliphatic rings. The van der Waals surface area contributed by atoms with Crippen LogP contribution in [0.2, 0.25) is 0 Å². The number of pyridine rings is 1. The van der Waals surface area contributed by atoms with Gasteiger partial charge in [0.05, 0.1) is 6.67 Å². The lowest BCUT2D eigenvalue weighted by molar-refractivity contribution is -0.133. The number of hydrogen-bond donors (Lipinski definition) is 1. The molecule has 2 aromatic rings. The number of amides is 3. The molecule has 150 valence electrons. The maximum atomic E-state index is 13.4. The Labute approximate surface area is 170 Å². The van der Waals surface area contributed by atoms with Gasteiger partial charge >= 0.3 is 6.03 Å². The van der Waals surface area contributed by atoms with E-state index in [1.54, 1.807) is 6.20 Å². The average Bonchev–Trinajstić information content (AvgIpc) is 3.00. The Hall–Kier alpha value is -2.93. The summed E-state index contributed by atoms with van der Waals surface area (Å²) < 4.78 is 0. The van der Waals surface area contributed by atoms with Crippen LogP contribution < -0.4 is 10.2 Å². The van der Waals surface area contributed by atoms with Crippen molar-refractivity contribution in [3.8, 4) is 0 Å². The maximum Gasteiger partial charge on any atom is 0.326 e. The van der Waals surface area contributed by atoms with Gasteiger partial charge in [0, 0.05) is 32.4 Å². The number of benzene rings is 1. The standard InChI is InChI=1S/C22H25N5O2/c28-20-22(10-5-7-17-6-1-2-8-18(17)22)24-21(29)27(20)16-25-12-14-26(15-13-25)19-9-3-4-11-23-19/h1-4,6,8-9,11H,5,7,10,12-16H2,(H,24,29)/t22-/m1/s1. The van der Waals surface area contributed by atoms with Crippen LogP contribution in [0.25, 0.3) is 0 Å². The second-order valence-corrected chi connectivity index (χ2v) is 8.01. The number of aryl methyl sites for hydroxylation is 1. The van der Waals surface area contributed by atoms with Crippen molar-refractivity contribution in [2.45, 2.75) is 24.8 Å². The molecule has 3 amide bonds. The molecule has 0 unspecified atom stereocenters. The quantitative estimate of drug-likeness (QED) is 0.810. The Morgan fingerprint density at radius 2 is 1.79 bits per heavy atom. The number of anilines is 1. The van der Waals surface area contributed by atoms with Crippen molar-refractivity contribution in [1.29, 1.82) is 0 Å². The van der Waals surface area contributed by atoms with Gasteiger partial charge in [0.2, 0.25) is 0 Å². The van der Waals surface area contributed by atoms with Crippen molar-refractivity contribution in [3.63, 3.8) is 0 Å². The molecule has 2 saturated heterocycles. The van der Waals surface area contributed by atoms with Gasteiger partial charge in [-0.1, -0.05) is 30.3 Å². The van der Waals surface area contributed by atoms with E-state index in [4.69, 9.17) is 0 Å². The first-order valence-electron chi connectivity index (χ1n) is 10.3. The molecular formula is C22H25N5O2. The molecule has 0 saturated carbocycles. The molecule has 1 atom stereocenters. The number of carbonyl (C=O) groups is 2. The van der Waals surface area contributed by atoms with Crippen LogP contribution in [0.5, 0.6) is 0 Å². The molecule has 1 N–H and O–H groups in total. The lowest BCUT2D eigenvalue weighted by Crippen LogP contribution is -2.52. The Bertz CT molecular complexity index is 926. The zero-order valence-electron chi connectivity index (χ0n) is 16.4. The van der Waals surface area contributed by atoms with E-state index in [9.17, 15) is 9.59 Å². The number of nitrogens with one attached hydrogen (secondary N) is 1. The third kappa shape index (κ3) is 3.06. The number of rotatable bonds is 3. The van der Waals surface area contributed by atoms with Crippen molar-refractivity contribution < 1.29 is 9.59 Å². The average molecular weight is 391 g/mol. The summed E-state index contributed by atoms with van der Waals surface area (Å²) in [6, 6.07) is 13.6. The molecule has 5 rings (SSSR count). The van der Waals surface area contributed by atoms with Crippen LogP contribution in [-0.2, 0) is 16.8 Å². The highest BCUT2D eigenvalue weighted by Crippen LogP contribution is 2.39. The topological polar surface area (TPSA) is 68.8 Å². The normalized spacial score (nSPS) is 24.7. The Morgan fingerprint density at radius 3 is 2.59 bits per heavy atom. The zero-order chi connectivity index (χ0) is 19.8. The summed E-state index contributed by atoms with van der Waals surface area (Å²) in [7, 11) is 0. The SMILES string of the molecule is O=C1N[C@@]2(CCCc3ccccc32)C(=O)N1CN1CCN(c2ccccn2)CC1. The Morgan fingerprint density at radius 1 is 1.00 bits per heavy atom. The zero-order valence-corrected chi connectivity index (χ0v) is 16.4. The molecule has 2 aliphatic heterocycles. The minimum atomic E-state index is -0.887. The fourth-order valence-corrected chi connectivity index (χ4v) is 4.80. The fourth-order valence-electron chi connectivity index (χ4n) is 4.80. The monoisotopic (exact) mass is 391 g/mol. The number of nitrogens with zero attached hydrogens (tertiary/aromatic N) is 4. The predicted molar refractivity (Wildman–Crippen MR) is 109 cm³/mol. The summed E-state index contributed by atoms with van der Waals surface area (Å²) >= 11 is 0. The number of carbonyl (C=O) groups excluding carboxylic acids is 2. The van der Waals surface area contributed by atoms with E-state index < -0.39 is 5.54 Å². The van der Waals surface area contributed by atoms with Crippen molar-refractivity contribution >= 4 is 17.8 Å². The molecular weight excluding hydrogens is 366 g/mol. The molecule has 3 heterocycles. The smallest absolute Gasteiger partial charge is 0.326 e. The highest BCUT2D eigenvalue weighted by Gasteiger charge is 2.54. The Balaban J connectivity index is 1.29. The van der Waals surface area contributed by atoms with Gasteiger partial charge in [-0.05, 0) is 42.5 Å². The first-order chi connectivity index (χ1) is 14.2. The van der Waals surface area contributed by atoms with Crippen LogP contribution in [-0.4, -0.2) is 59.6 Å². The third-order valence-corrected chi connectivity index (χ3v) is 6.34. The molecule has 1 spiro atoms. The summed E-state index contributed by atoms with van der Waals surface area (Å²) in [5.74, 6) is 0.863. The molecule has 7 heteroatoms. The van der Waals surface area contributed by atoms with Gasteiger partial charge in [0.15, 0.2) is 0 Å². The highest BCUT2D eigenvalue weighted by atomic mass is 16.2. The van der Waals surface area contributed by atoms with Crippen LogP contribution in [0.4, 0.5) is 10.6 Å². The van der Waals surface area contributed by atoms with E-state index in [0.717, 1.165) is 50.4 Å². The van der Waals surface area contributed by atoms with Gasteiger partial charge < -0.3 is 10.2 Å². The van der Waals surface area contributed by atoms with Crippen molar-refractivity contribution in [1.82, 2.24) is 20.1 Å². The molecule has 29 heavy (non-hydrogen) atoms. The second-order valence-electron chi connectivity index (χ2n) is 8.01. The second kappa shape index (κ2) is 7.15. The third-order valence-electron chi connectivity index (χ3n) is 6.34. The first-order valence-corrected chi connectivity index (χ1v) is 10.3. The van der Waals surface area contributed by atoms with Crippen LogP contribution in [0, 0.1) is 0 Å². The minimum absolute atomic E-state index is 0.109. The molecule has 1 aromatic carbocycles. The van der Waals surface area contributed by atoms with E-state index in [1.165, 1.54) is 10.5 Å².